The third-order valence-electron chi connectivity index (χ3n) is 4.43. The Morgan fingerprint density at radius 1 is 1.48 bits per heavy atom. The van der Waals surface area contributed by atoms with Crippen molar-refractivity contribution in [2.45, 2.75) is 44.8 Å². The zero-order valence-corrected chi connectivity index (χ0v) is 14.1. The zero-order valence-electron chi connectivity index (χ0n) is 13.2. The maximum atomic E-state index is 12.4. The van der Waals surface area contributed by atoms with Crippen molar-refractivity contribution < 1.29 is 9.90 Å². The number of rotatable bonds is 5. The van der Waals surface area contributed by atoms with E-state index >= 15 is 0 Å². The minimum atomic E-state index is -0.366. The molecule has 2 atom stereocenters. The van der Waals surface area contributed by atoms with Gasteiger partial charge in [0, 0.05) is 6.04 Å². The van der Waals surface area contributed by atoms with Gasteiger partial charge in [0.25, 0.3) is 0 Å². The van der Waals surface area contributed by atoms with Gasteiger partial charge in [-0.25, -0.2) is 0 Å². The highest BCUT2D eigenvalue weighted by molar-refractivity contribution is 7.58. The summed E-state index contributed by atoms with van der Waals surface area (Å²) in [6.07, 6.45) is 3.49. The van der Waals surface area contributed by atoms with Crippen LogP contribution in [0.2, 0.25) is 0 Å². The molecule has 0 aromatic heterocycles. The van der Waals surface area contributed by atoms with Crippen molar-refractivity contribution in [1.82, 2.24) is 4.90 Å². The van der Waals surface area contributed by atoms with Crippen LogP contribution in [0.25, 0.3) is 0 Å². The lowest BCUT2D eigenvalue weighted by Crippen LogP contribution is -2.49. The lowest BCUT2D eigenvalue weighted by Gasteiger charge is -2.37. The van der Waals surface area contributed by atoms with Gasteiger partial charge in [0.2, 0.25) is 5.91 Å². The predicted molar refractivity (Wildman–Crippen MR) is 92.1 cm³/mol. The second-order valence-electron chi connectivity index (χ2n) is 5.99. The maximum absolute atomic E-state index is 12.4. The number of anilines is 1. The van der Waals surface area contributed by atoms with Gasteiger partial charge in [0.05, 0.1) is 29.7 Å². The van der Waals surface area contributed by atoms with Crippen molar-refractivity contribution in [2.75, 3.05) is 18.4 Å². The third-order valence-corrected chi connectivity index (χ3v) is 4.98. The summed E-state index contributed by atoms with van der Waals surface area (Å²) >= 11 is 1.14. The Kier molecular flexibility index (Phi) is 5.20. The summed E-state index contributed by atoms with van der Waals surface area (Å²) in [6, 6.07) is 5.67. The first kappa shape index (κ1) is 16.3. The van der Waals surface area contributed by atoms with E-state index in [4.69, 9.17) is 0 Å². The van der Waals surface area contributed by atoms with E-state index in [-0.39, 0.29) is 18.1 Å². The minimum Gasteiger partial charge on any atom is -0.392 e. The highest BCUT2D eigenvalue weighted by Crippen LogP contribution is 2.38. The first-order chi connectivity index (χ1) is 11.2. The van der Waals surface area contributed by atoms with E-state index in [1.165, 1.54) is 0 Å². The second kappa shape index (κ2) is 7.33. The molecule has 1 saturated heterocycles. The van der Waals surface area contributed by atoms with Gasteiger partial charge in [-0.15, -0.1) is 0 Å². The summed E-state index contributed by atoms with van der Waals surface area (Å²) in [5, 5.41) is 13.1. The van der Waals surface area contributed by atoms with E-state index in [9.17, 15) is 9.90 Å². The minimum absolute atomic E-state index is 0.0688. The molecule has 2 unspecified atom stereocenters. The summed E-state index contributed by atoms with van der Waals surface area (Å²) in [5.41, 5.74) is 2.23. The molecule has 0 bridgehead atoms. The summed E-state index contributed by atoms with van der Waals surface area (Å²) in [6.45, 7) is 3.14. The number of fused-ring (bicyclic) bond motifs is 1. The number of carbonyl (C=O) groups is 1. The topological polar surface area (TPSA) is 77.3 Å². The van der Waals surface area contributed by atoms with Gasteiger partial charge >= 0.3 is 0 Å². The molecule has 0 radical (unpaired) electrons. The van der Waals surface area contributed by atoms with Crippen molar-refractivity contribution in [2.24, 2.45) is 8.73 Å². The highest BCUT2D eigenvalue weighted by Gasteiger charge is 2.29. The third kappa shape index (κ3) is 3.68. The molecule has 0 aliphatic carbocycles. The van der Waals surface area contributed by atoms with E-state index in [2.05, 4.69) is 18.9 Å². The van der Waals surface area contributed by atoms with Crippen LogP contribution in [0.3, 0.4) is 0 Å². The first-order valence-electron chi connectivity index (χ1n) is 8.12. The van der Waals surface area contributed by atoms with Crippen molar-refractivity contribution in [3.05, 3.63) is 18.2 Å². The number of aliphatic hydroxyl groups is 1. The number of benzene rings is 1. The fourth-order valence-corrected chi connectivity index (χ4v) is 3.75. The molecule has 1 aromatic rings. The number of hydrogen-bond acceptors (Lipinski definition) is 5. The molecule has 23 heavy (non-hydrogen) atoms. The Labute approximate surface area is 139 Å². The molecule has 1 amide bonds. The van der Waals surface area contributed by atoms with Crippen molar-refractivity contribution in [3.8, 4) is 0 Å². The highest BCUT2D eigenvalue weighted by atomic mass is 32.1. The van der Waals surface area contributed by atoms with E-state index < -0.39 is 0 Å². The molecule has 0 spiro atoms. The number of likely N-dealkylation sites (tertiary alicyclic amines) is 1. The molecule has 7 heteroatoms. The number of aliphatic hydroxyl groups excluding tert-OH is 1. The SMILES string of the molecule is CCC(O)C1CCCCN1CC(=O)Nc1cccc2c1N=S=N2. The molecule has 3 rings (SSSR count). The van der Waals surface area contributed by atoms with Crippen molar-refractivity contribution >= 4 is 34.3 Å². The summed E-state index contributed by atoms with van der Waals surface area (Å²) in [7, 11) is 0. The molecule has 2 N–H and O–H groups in total. The Bertz CT molecular complexity index is 657. The molecule has 2 aliphatic heterocycles. The average molecular weight is 334 g/mol. The second-order valence-corrected chi connectivity index (χ2v) is 6.52. The Balaban J connectivity index is 1.65. The lowest BCUT2D eigenvalue weighted by atomic mass is 9.96. The predicted octanol–water partition coefficient (Wildman–Crippen LogP) is 2.98. The number of piperidine rings is 1. The lowest BCUT2D eigenvalue weighted by molar-refractivity contribution is -0.119. The van der Waals surface area contributed by atoms with E-state index in [1.807, 2.05) is 25.1 Å². The van der Waals surface area contributed by atoms with Gasteiger partial charge in [-0.05, 0) is 37.9 Å². The fraction of sp³-hybridized carbons (Fsp3) is 0.562. The van der Waals surface area contributed by atoms with Crippen LogP contribution in [-0.2, 0) is 16.1 Å². The largest absolute Gasteiger partial charge is 0.392 e. The molecular weight excluding hydrogens is 312 g/mol. The van der Waals surface area contributed by atoms with Crippen LogP contribution in [0.4, 0.5) is 17.1 Å². The molecule has 1 aromatic carbocycles. The van der Waals surface area contributed by atoms with Gasteiger partial charge in [-0.3, -0.25) is 9.69 Å². The quantitative estimate of drug-likeness (QED) is 0.882. The van der Waals surface area contributed by atoms with Crippen LogP contribution in [0.5, 0.6) is 0 Å². The molecule has 2 heterocycles. The summed E-state index contributed by atoms with van der Waals surface area (Å²) in [4.78, 5) is 14.5. The van der Waals surface area contributed by atoms with Gasteiger partial charge in [0.1, 0.15) is 11.4 Å². The molecular formula is C16H22N4O2S. The van der Waals surface area contributed by atoms with Crippen LogP contribution in [-0.4, -0.2) is 41.1 Å². The molecule has 1 fully saturated rings. The van der Waals surface area contributed by atoms with Crippen molar-refractivity contribution in [3.63, 3.8) is 0 Å². The Morgan fingerprint density at radius 3 is 3.17 bits per heavy atom. The van der Waals surface area contributed by atoms with E-state index in [0.29, 0.717) is 18.7 Å². The van der Waals surface area contributed by atoms with Gasteiger partial charge in [-0.1, -0.05) is 19.4 Å². The van der Waals surface area contributed by atoms with Crippen LogP contribution in [0, 0.1) is 0 Å². The first-order valence-corrected chi connectivity index (χ1v) is 8.85. The van der Waals surface area contributed by atoms with Crippen LogP contribution in [0.1, 0.15) is 32.6 Å². The smallest absolute Gasteiger partial charge is 0.238 e. The van der Waals surface area contributed by atoms with E-state index in [0.717, 1.165) is 48.5 Å². The monoisotopic (exact) mass is 334 g/mol. The number of amides is 1. The Morgan fingerprint density at radius 2 is 2.35 bits per heavy atom. The zero-order chi connectivity index (χ0) is 16.2. The van der Waals surface area contributed by atoms with Crippen LogP contribution < -0.4 is 5.32 Å². The average Bonchev–Trinajstić information content (AvgIpc) is 3.04. The van der Waals surface area contributed by atoms with Gasteiger partial charge < -0.3 is 10.4 Å². The number of nitrogens with one attached hydrogen (secondary N) is 1. The molecule has 6 nitrogen and oxygen atoms in total. The number of carbonyl (C=O) groups excluding carboxylic acids is 1. The molecule has 2 aliphatic rings. The standard InChI is InChI=1S/C16H22N4O2S/c1-2-14(21)13-8-3-4-9-20(13)10-15(22)17-11-6-5-7-12-16(11)19-23-18-12/h5-7,13-14,21H,2-4,8-10H2,1H3,(H,17,22). The van der Waals surface area contributed by atoms with Crippen LogP contribution >= 0.6 is 0 Å². The normalized spacial score (nSPS) is 21.6. The summed E-state index contributed by atoms with van der Waals surface area (Å²) < 4.78 is 8.42. The number of nitrogens with zero attached hydrogens (tertiary/aromatic N) is 3. The fourth-order valence-electron chi connectivity index (χ4n) is 3.20. The molecule has 0 saturated carbocycles. The summed E-state index contributed by atoms with van der Waals surface area (Å²) in [5.74, 6) is -0.0688. The maximum Gasteiger partial charge on any atom is 0.238 e. The Hall–Kier alpha value is -1.57. The van der Waals surface area contributed by atoms with Crippen LogP contribution in [0.15, 0.2) is 26.9 Å². The van der Waals surface area contributed by atoms with Gasteiger partial charge in [-0.2, -0.15) is 8.73 Å². The van der Waals surface area contributed by atoms with Gasteiger partial charge in [0.15, 0.2) is 0 Å². The molecule has 124 valence electrons. The van der Waals surface area contributed by atoms with E-state index in [1.54, 1.807) is 0 Å². The van der Waals surface area contributed by atoms with Crippen molar-refractivity contribution in [1.29, 1.82) is 0 Å². The number of hydrogen-bond donors (Lipinski definition) is 2.